The van der Waals surface area contributed by atoms with Crippen molar-refractivity contribution in [3.05, 3.63) is 102 Å². The van der Waals surface area contributed by atoms with Crippen molar-refractivity contribution in [1.82, 2.24) is 9.78 Å². The molecular weight excluding hydrogens is 364 g/mol. The van der Waals surface area contributed by atoms with Crippen LogP contribution in [0, 0.1) is 0 Å². The summed E-state index contributed by atoms with van der Waals surface area (Å²) in [5.41, 5.74) is 2.79. The summed E-state index contributed by atoms with van der Waals surface area (Å²) >= 11 is 0. The van der Waals surface area contributed by atoms with Crippen LogP contribution < -0.4 is 4.74 Å². The average Bonchev–Trinajstić information content (AvgIpc) is 3.24. The van der Waals surface area contributed by atoms with Gasteiger partial charge in [0.2, 0.25) is 0 Å². The SMILES string of the molecule is O=C(O)C=Cc1ccc(Cn2cccn2)cc1OCc1ccc2ccccc2c1. The molecule has 1 aromatic heterocycles. The van der Waals surface area contributed by atoms with Crippen molar-refractivity contribution < 1.29 is 14.6 Å². The Labute approximate surface area is 168 Å². The number of rotatable bonds is 7. The molecule has 0 bridgehead atoms. The Bertz CT molecular complexity index is 1160. The van der Waals surface area contributed by atoms with Crippen LogP contribution in [0.2, 0.25) is 0 Å². The Morgan fingerprint density at radius 3 is 2.62 bits per heavy atom. The first-order chi connectivity index (χ1) is 14.2. The van der Waals surface area contributed by atoms with E-state index >= 15 is 0 Å². The highest BCUT2D eigenvalue weighted by Crippen LogP contribution is 2.25. The lowest BCUT2D eigenvalue weighted by Gasteiger charge is -2.12. The summed E-state index contributed by atoms with van der Waals surface area (Å²) in [6.45, 7) is 1.01. The molecule has 4 aromatic rings. The van der Waals surface area contributed by atoms with Crippen molar-refractivity contribution in [2.24, 2.45) is 0 Å². The van der Waals surface area contributed by atoms with Crippen LogP contribution in [-0.2, 0) is 17.9 Å². The van der Waals surface area contributed by atoms with E-state index in [4.69, 9.17) is 9.84 Å². The Balaban J connectivity index is 1.58. The molecule has 5 nitrogen and oxygen atoms in total. The Morgan fingerprint density at radius 2 is 1.83 bits per heavy atom. The Kier molecular flexibility index (Phi) is 5.38. The molecule has 0 aliphatic rings. The summed E-state index contributed by atoms with van der Waals surface area (Å²) in [5, 5.41) is 15.5. The largest absolute Gasteiger partial charge is 0.488 e. The van der Waals surface area contributed by atoms with Crippen LogP contribution in [-0.4, -0.2) is 20.9 Å². The van der Waals surface area contributed by atoms with Crippen molar-refractivity contribution in [1.29, 1.82) is 0 Å². The van der Waals surface area contributed by atoms with Gasteiger partial charge in [-0.1, -0.05) is 48.5 Å². The fourth-order valence-electron chi connectivity index (χ4n) is 3.17. The number of aliphatic carboxylic acids is 1. The predicted molar refractivity (Wildman–Crippen MR) is 113 cm³/mol. The van der Waals surface area contributed by atoms with Crippen LogP contribution in [0.4, 0.5) is 0 Å². The fraction of sp³-hybridized carbons (Fsp3) is 0.0833. The van der Waals surface area contributed by atoms with E-state index in [0.29, 0.717) is 18.9 Å². The van der Waals surface area contributed by atoms with E-state index in [9.17, 15) is 4.79 Å². The average molecular weight is 384 g/mol. The van der Waals surface area contributed by atoms with Crippen molar-refractivity contribution in [2.75, 3.05) is 0 Å². The zero-order chi connectivity index (χ0) is 20.1. The molecule has 0 aliphatic carbocycles. The lowest BCUT2D eigenvalue weighted by atomic mass is 10.1. The highest BCUT2D eigenvalue weighted by atomic mass is 16.5. The van der Waals surface area contributed by atoms with Crippen LogP contribution >= 0.6 is 0 Å². The van der Waals surface area contributed by atoms with Gasteiger partial charge in [0.05, 0.1) is 6.54 Å². The number of carbonyl (C=O) groups is 1. The van der Waals surface area contributed by atoms with Gasteiger partial charge in [0.15, 0.2) is 0 Å². The summed E-state index contributed by atoms with van der Waals surface area (Å²) in [4.78, 5) is 10.9. The molecule has 0 atom stereocenters. The highest BCUT2D eigenvalue weighted by Gasteiger charge is 2.06. The molecule has 1 heterocycles. The third kappa shape index (κ3) is 4.71. The zero-order valence-electron chi connectivity index (χ0n) is 15.7. The lowest BCUT2D eigenvalue weighted by Crippen LogP contribution is -2.02. The molecule has 0 amide bonds. The number of benzene rings is 3. The molecule has 0 aliphatic heterocycles. The molecule has 0 saturated carbocycles. The van der Waals surface area contributed by atoms with Gasteiger partial charge in [-0.3, -0.25) is 4.68 Å². The van der Waals surface area contributed by atoms with Gasteiger partial charge >= 0.3 is 5.97 Å². The summed E-state index contributed by atoms with van der Waals surface area (Å²) in [5.74, 6) is -0.355. The minimum atomic E-state index is -0.994. The van der Waals surface area contributed by atoms with E-state index in [1.54, 1.807) is 12.3 Å². The molecule has 3 aromatic carbocycles. The van der Waals surface area contributed by atoms with Gasteiger partial charge in [-0.25, -0.2) is 4.79 Å². The molecule has 5 heteroatoms. The van der Waals surface area contributed by atoms with E-state index in [1.807, 2.05) is 53.3 Å². The van der Waals surface area contributed by atoms with E-state index in [-0.39, 0.29) is 0 Å². The van der Waals surface area contributed by atoms with Gasteiger partial charge in [-0.2, -0.15) is 5.10 Å². The number of aromatic nitrogens is 2. The van der Waals surface area contributed by atoms with Crippen LogP contribution in [0.3, 0.4) is 0 Å². The highest BCUT2D eigenvalue weighted by molar-refractivity contribution is 5.86. The predicted octanol–water partition coefficient (Wildman–Crippen LogP) is 4.76. The van der Waals surface area contributed by atoms with Crippen molar-refractivity contribution >= 4 is 22.8 Å². The number of fused-ring (bicyclic) bond motifs is 1. The number of hydrogen-bond acceptors (Lipinski definition) is 3. The quantitative estimate of drug-likeness (QED) is 0.467. The standard InChI is InChI=1S/C24H20N2O3/c27-24(28)11-10-21-9-6-18(16-26-13-3-12-25-26)15-23(21)29-17-19-7-8-20-4-1-2-5-22(20)14-19/h1-15H,16-17H2,(H,27,28). The molecule has 0 saturated heterocycles. The van der Waals surface area contributed by atoms with E-state index in [0.717, 1.165) is 28.2 Å². The van der Waals surface area contributed by atoms with Gasteiger partial charge < -0.3 is 9.84 Å². The van der Waals surface area contributed by atoms with Gasteiger partial charge in [-0.05, 0) is 46.2 Å². The van der Waals surface area contributed by atoms with Crippen LogP contribution in [0.1, 0.15) is 16.7 Å². The maximum absolute atomic E-state index is 10.9. The lowest BCUT2D eigenvalue weighted by molar-refractivity contribution is -0.131. The van der Waals surface area contributed by atoms with Crippen molar-refractivity contribution in [3.63, 3.8) is 0 Å². The first-order valence-electron chi connectivity index (χ1n) is 9.29. The molecule has 0 fully saturated rings. The Hall–Kier alpha value is -3.86. The smallest absolute Gasteiger partial charge is 0.328 e. The molecule has 0 unspecified atom stereocenters. The zero-order valence-corrected chi connectivity index (χ0v) is 15.7. The third-order valence-corrected chi connectivity index (χ3v) is 4.60. The summed E-state index contributed by atoms with van der Waals surface area (Å²) < 4.78 is 7.92. The van der Waals surface area contributed by atoms with Crippen molar-refractivity contribution in [2.45, 2.75) is 13.2 Å². The Morgan fingerprint density at radius 1 is 1.00 bits per heavy atom. The number of nitrogens with zero attached hydrogens (tertiary/aromatic N) is 2. The molecule has 4 rings (SSSR count). The van der Waals surface area contributed by atoms with Crippen LogP contribution in [0.15, 0.2) is 85.2 Å². The maximum Gasteiger partial charge on any atom is 0.328 e. The summed E-state index contributed by atoms with van der Waals surface area (Å²) in [6.07, 6.45) is 6.30. The first-order valence-corrected chi connectivity index (χ1v) is 9.29. The molecular formula is C24H20N2O3. The molecule has 0 radical (unpaired) electrons. The number of carboxylic acid groups (broad SMARTS) is 1. The normalized spacial score (nSPS) is 11.2. The monoisotopic (exact) mass is 384 g/mol. The van der Waals surface area contributed by atoms with Crippen LogP contribution in [0.25, 0.3) is 16.8 Å². The van der Waals surface area contributed by atoms with E-state index in [1.165, 1.54) is 5.39 Å². The topological polar surface area (TPSA) is 64.3 Å². The number of hydrogen-bond donors (Lipinski definition) is 1. The molecule has 29 heavy (non-hydrogen) atoms. The van der Waals surface area contributed by atoms with Gasteiger partial charge in [0.25, 0.3) is 0 Å². The van der Waals surface area contributed by atoms with Gasteiger partial charge in [0, 0.05) is 24.0 Å². The minimum Gasteiger partial charge on any atom is -0.488 e. The fourth-order valence-corrected chi connectivity index (χ4v) is 3.17. The van der Waals surface area contributed by atoms with E-state index < -0.39 is 5.97 Å². The second-order valence-corrected chi connectivity index (χ2v) is 6.72. The number of carboxylic acids is 1. The molecule has 0 spiro atoms. The minimum absolute atomic E-state index is 0.393. The second kappa shape index (κ2) is 8.44. The summed E-state index contributed by atoms with van der Waals surface area (Å²) in [6, 6.07) is 22.0. The van der Waals surface area contributed by atoms with E-state index in [2.05, 4.69) is 29.4 Å². The summed E-state index contributed by atoms with van der Waals surface area (Å²) in [7, 11) is 0. The van der Waals surface area contributed by atoms with Crippen molar-refractivity contribution in [3.8, 4) is 5.75 Å². The maximum atomic E-state index is 10.9. The first kappa shape index (κ1) is 18.5. The van der Waals surface area contributed by atoms with Crippen LogP contribution in [0.5, 0.6) is 5.75 Å². The molecule has 1 N–H and O–H groups in total. The van der Waals surface area contributed by atoms with Gasteiger partial charge in [0.1, 0.15) is 12.4 Å². The second-order valence-electron chi connectivity index (χ2n) is 6.72. The molecule has 144 valence electrons. The third-order valence-electron chi connectivity index (χ3n) is 4.60. The number of ether oxygens (including phenoxy) is 1. The van der Waals surface area contributed by atoms with Gasteiger partial charge in [-0.15, -0.1) is 0 Å².